The Morgan fingerprint density at radius 1 is 1.30 bits per heavy atom. The maximum absolute atomic E-state index is 12.5. The molecule has 0 saturated carbocycles. The van der Waals surface area contributed by atoms with Gasteiger partial charge in [-0.25, -0.2) is 4.79 Å². The number of aromatic nitrogens is 1. The van der Waals surface area contributed by atoms with Gasteiger partial charge in [-0.05, 0) is 31.2 Å². The highest BCUT2D eigenvalue weighted by Gasteiger charge is 2.34. The zero-order chi connectivity index (χ0) is 19.7. The lowest BCUT2D eigenvalue weighted by atomic mass is 10.1. The monoisotopic (exact) mass is 433 g/mol. The summed E-state index contributed by atoms with van der Waals surface area (Å²) in [4.78, 5) is 49.1. The van der Waals surface area contributed by atoms with Crippen LogP contribution in [-0.2, 0) is 25.7 Å². The molecule has 1 fully saturated rings. The Morgan fingerprint density at radius 3 is 2.70 bits per heavy atom. The number of nitrogens with zero attached hydrogens (tertiary/aromatic N) is 2. The number of carbonyl (C=O) groups is 4. The van der Waals surface area contributed by atoms with E-state index in [1.807, 2.05) is 18.2 Å². The standard InChI is InChI=1S/C18H16BrN3O5/c1-3-22-17(25)13(16(24)20-18(22)26)6-10-8-21(9-15(23)27-2)14-5-4-11(19)7-12(10)14/h4-8H,3,9H2,1-2H3,(H,20,24,26)/b13-6+. The maximum Gasteiger partial charge on any atom is 0.331 e. The van der Waals surface area contributed by atoms with Crippen molar-refractivity contribution in [2.24, 2.45) is 0 Å². The zero-order valence-corrected chi connectivity index (χ0v) is 16.2. The number of ether oxygens (including phenoxy) is 1. The third kappa shape index (κ3) is 3.50. The molecule has 0 aliphatic carbocycles. The summed E-state index contributed by atoms with van der Waals surface area (Å²) in [7, 11) is 1.30. The number of imide groups is 2. The molecule has 1 N–H and O–H groups in total. The molecule has 1 aliphatic rings. The molecule has 1 aromatic heterocycles. The number of esters is 1. The summed E-state index contributed by atoms with van der Waals surface area (Å²) in [6, 6.07) is 4.72. The number of halogens is 1. The van der Waals surface area contributed by atoms with Crippen LogP contribution in [0.5, 0.6) is 0 Å². The van der Waals surface area contributed by atoms with E-state index in [0.29, 0.717) is 5.56 Å². The number of rotatable bonds is 4. The van der Waals surface area contributed by atoms with Crippen molar-refractivity contribution in [3.8, 4) is 0 Å². The highest BCUT2D eigenvalue weighted by molar-refractivity contribution is 9.10. The molecule has 0 unspecified atom stereocenters. The summed E-state index contributed by atoms with van der Waals surface area (Å²) in [5.74, 6) is -1.84. The van der Waals surface area contributed by atoms with E-state index in [1.165, 1.54) is 13.2 Å². The first kappa shape index (κ1) is 18.8. The Kier molecular flexibility index (Phi) is 5.13. The minimum Gasteiger partial charge on any atom is -0.468 e. The first-order chi connectivity index (χ1) is 12.8. The van der Waals surface area contributed by atoms with Gasteiger partial charge in [-0.15, -0.1) is 0 Å². The van der Waals surface area contributed by atoms with Gasteiger partial charge in [0, 0.05) is 33.7 Å². The minimum atomic E-state index is -0.751. The first-order valence-electron chi connectivity index (χ1n) is 8.09. The number of nitrogens with one attached hydrogen (secondary N) is 1. The van der Waals surface area contributed by atoms with Crippen molar-refractivity contribution < 1.29 is 23.9 Å². The van der Waals surface area contributed by atoms with E-state index in [4.69, 9.17) is 4.74 Å². The molecule has 0 atom stereocenters. The van der Waals surface area contributed by atoms with Crippen molar-refractivity contribution in [3.63, 3.8) is 0 Å². The Bertz CT molecular complexity index is 1010. The average Bonchev–Trinajstić information content (AvgIpc) is 2.95. The Morgan fingerprint density at radius 2 is 2.04 bits per heavy atom. The highest BCUT2D eigenvalue weighted by atomic mass is 79.9. The third-order valence-corrected chi connectivity index (χ3v) is 4.70. The van der Waals surface area contributed by atoms with Crippen LogP contribution in [0, 0.1) is 0 Å². The molecular formula is C18H16BrN3O5. The van der Waals surface area contributed by atoms with E-state index in [2.05, 4.69) is 21.2 Å². The van der Waals surface area contributed by atoms with Gasteiger partial charge in [-0.3, -0.25) is 24.6 Å². The van der Waals surface area contributed by atoms with Crippen molar-refractivity contribution in [2.45, 2.75) is 13.5 Å². The molecular weight excluding hydrogens is 418 g/mol. The van der Waals surface area contributed by atoms with Gasteiger partial charge in [-0.1, -0.05) is 15.9 Å². The van der Waals surface area contributed by atoms with Gasteiger partial charge in [0.05, 0.1) is 7.11 Å². The lowest BCUT2D eigenvalue weighted by molar-refractivity contribution is -0.141. The number of barbiturate groups is 1. The van der Waals surface area contributed by atoms with E-state index in [1.54, 1.807) is 17.7 Å². The van der Waals surface area contributed by atoms with E-state index < -0.39 is 23.8 Å². The molecule has 2 aromatic rings. The molecule has 9 heteroatoms. The van der Waals surface area contributed by atoms with Crippen molar-refractivity contribution in [3.05, 3.63) is 40.0 Å². The number of likely N-dealkylation sites (N-methyl/N-ethyl adjacent to an activating group) is 1. The fourth-order valence-corrected chi connectivity index (χ4v) is 3.24. The molecule has 27 heavy (non-hydrogen) atoms. The van der Waals surface area contributed by atoms with Crippen LogP contribution in [0.1, 0.15) is 12.5 Å². The number of hydrogen-bond donors (Lipinski definition) is 1. The number of urea groups is 1. The third-order valence-electron chi connectivity index (χ3n) is 4.20. The number of hydrogen-bond acceptors (Lipinski definition) is 5. The van der Waals surface area contributed by atoms with Gasteiger partial charge in [-0.2, -0.15) is 0 Å². The summed E-state index contributed by atoms with van der Waals surface area (Å²) < 4.78 is 7.19. The maximum atomic E-state index is 12.5. The van der Waals surface area contributed by atoms with Gasteiger partial charge >= 0.3 is 12.0 Å². The van der Waals surface area contributed by atoms with Crippen LogP contribution >= 0.6 is 15.9 Å². The Hall–Kier alpha value is -2.94. The highest BCUT2D eigenvalue weighted by Crippen LogP contribution is 2.28. The van der Waals surface area contributed by atoms with E-state index in [9.17, 15) is 19.2 Å². The predicted octanol–water partition coefficient (Wildman–Crippen LogP) is 2.06. The second kappa shape index (κ2) is 7.36. The van der Waals surface area contributed by atoms with Crippen molar-refractivity contribution in [2.75, 3.05) is 13.7 Å². The molecule has 8 nitrogen and oxygen atoms in total. The Balaban J connectivity index is 2.13. The average molecular weight is 434 g/mol. The summed E-state index contributed by atoms with van der Waals surface area (Å²) in [5, 5.41) is 2.89. The fraction of sp³-hybridized carbons (Fsp3) is 0.222. The lowest BCUT2D eigenvalue weighted by Gasteiger charge is -2.24. The minimum absolute atomic E-state index is 0.0163. The number of fused-ring (bicyclic) bond motifs is 1. The van der Waals surface area contributed by atoms with E-state index in [-0.39, 0.29) is 18.7 Å². The zero-order valence-electron chi connectivity index (χ0n) is 14.6. The molecule has 0 radical (unpaired) electrons. The molecule has 140 valence electrons. The smallest absolute Gasteiger partial charge is 0.331 e. The van der Waals surface area contributed by atoms with Crippen LogP contribution in [0.15, 0.2) is 34.4 Å². The van der Waals surface area contributed by atoms with Gasteiger partial charge in [0.1, 0.15) is 12.1 Å². The quantitative estimate of drug-likeness (QED) is 0.452. The topological polar surface area (TPSA) is 97.7 Å². The molecule has 2 heterocycles. The predicted molar refractivity (Wildman–Crippen MR) is 101 cm³/mol. The van der Waals surface area contributed by atoms with E-state index >= 15 is 0 Å². The molecule has 1 saturated heterocycles. The van der Waals surface area contributed by atoms with Gasteiger partial charge in [0.15, 0.2) is 0 Å². The van der Waals surface area contributed by atoms with Gasteiger partial charge < -0.3 is 9.30 Å². The first-order valence-corrected chi connectivity index (χ1v) is 8.89. The molecule has 3 rings (SSSR count). The normalized spacial score (nSPS) is 16.2. The summed E-state index contributed by atoms with van der Waals surface area (Å²) in [5.41, 5.74) is 1.16. The second-order valence-electron chi connectivity index (χ2n) is 5.82. The molecule has 1 aliphatic heterocycles. The largest absolute Gasteiger partial charge is 0.468 e. The van der Waals surface area contributed by atoms with Crippen molar-refractivity contribution >= 4 is 56.7 Å². The summed E-state index contributed by atoms with van der Waals surface area (Å²) >= 11 is 3.40. The molecule has 0 spiro atoms. The number of benzene rings is 1. The van der Waals surface area contributed by atoms with Crippen LogP contribution in [0.4, 0.5) is 4.79 Å². The summed E-state index contributed by atoms with van der Waals surface area (Å²) in [6.45, 7) is 1.77. The fourth-order valence-electron chi connectivity index (χ4n) is 2.88. The Labute approximate surface area is 162 Å². The summed E-state index contributed by atoms with van der Waals surface area (Å²) in [6.07, 6.45) is 3.09. The van der Waals surface area contributed by atoms with E-state index in [0.717, 1.165) is 20.3 Å². The van der Waals surface area contributed by atoms with Crippen molar-refractivity contribution in [1.82, 2.24) is 14.8 Å². The van der Waals surface area contributed by atoms with Gasteiger partial charge in [0.25, 0.3) is 11.8 Å². The van der Waals surface area contributed by atoms with Gasteiger partial charge in [0.2, 0.25) is 0 Å². The molecule has 0 bridgehead atoms. The lowest BCUT2D eigenvalue weighted by Crippen LogP contribution is -2.53. The van der Waals surface area contributed by atoms with Crippen molar-refractivity contribution in [1.29, 1.82) is 0 Å². The van der Waals surface area contributed by atoms with Crippen LogP contribution in [-0.4, -0.2) is 46.9 Å². The molecule has 4 amide bonds. The number of methoxy groups -OCH3 is 1. The van der Waals surface area contributed by atoms with Crippen LogP contribution in [0.2, 0.25) is 0 Å². The molecule has 1 aromatic carbocycles. The number of amides is 4. The van der Waals surface area contributed by atoms with Crippen LogP contribution in [0.3, 0.4) is 0 Å². The number of carbonyl (C=O) groups excluding carboxylic acids is 4. The SMILES string of the molecule is CCN1C(=O)NC(=O)/C(=C\c2cn(CC(=O)OC)c3ccc(Br)cc23)C1=O. The van der Waals surface area contributed by atoms with Crippen LogP contribution < -0.4 is 5.32 Å². The van der Waals surface area contributed by atoms with Crippen LogP contribution in [0.25, 0.3) is 17.0 Å². The second-order valence-corrected chi connectivity index (χ2v) is 6.73.